The van der Waals surface area contributed by atoms with E-state index in [1.165, 1.54) is 17.5 Å². The van der Waals surface area contributed by atoms with E-state index in [0.717, 1.165) is 11.1 Å². The lowest BCUT2D eigenvalue weighted by atomic mass is 10.1. The van der Waals surface area contributed by atoms with Gasteiger partial charge in [0.05, 0.1) is 16.9 Å². The molecule has 34 heavy (non-hydrogen) atoms. The minimum absolute atomic E-state index is 0.148. The van der Waals surface area contributed by atoms with Crippen LogP contribution in [0.5, 0.6) is 5.75 Å². The van der Waals surface area contributed by atoms with Gasteiger partial charge in [-0.05, 0) is 36.1 Å². The standard InChI is InChI=1S/C25H24N4O4S/c1-15-7-8-18(29-24(31)16-5-3-2-4-6-16)11-20(15)33-13-17-14-34-22-19(25(32)27-9-10-30)12-28-23(26)21(17)22/h2-8,11-12,14,30H,9-10,13H2,1H3,(H2,26,28)(H,27,32)(H,29,31). The molecule has 174 valence electrons. The minimum Gasteiger partial charge on any atom is -0.489 e. The van der Waals surface area contributed by atoms with E-state index in [9.17, 15) is 9.59 Å². The molecule has 5 N–H and O–H groups in total. The Balaban J connectivity index is 1.53. The number of anilines is 2. The lowest BCUT2D eigenvalue weighted by molar-refractivity contribution is 0.0945. The summed E-state index contributed by atoms with van der Waals surface area (Å²) in [6, 6.07) is 14.5. The van der Waals surface area contributed by atoms with Gasteiger partial charge in [-0.1, -0.05) is 24.3 Å². The number of amides is 2. The zero-order chi connectivity index (χ0) is 24.1. The summed E-state index contributed by atoms with van der Waals surface area (Å²) in [7, 11) is 0. The van der Waals surface area contributed by atoms with Crippen molar-refractivity contribution >= 4 is 44.7 Å². The van der Waals surface area contributed by atoms with Gasteiger partial charge in [-0.25, -0.2) is 4.98 Å². The second-order valence-electron chi connectivity index (χ2n) is 7.59. The van der Waals surface area contributed by atoms with E-state index in [4.69, 9.17) is 15.6 Å². The zero-order valence-corrected chi connectivity index (χ0v) is 19.3. The van der Waals surface area contributed by atoms with E-state index < -0.39 is 0 Å². The molecule has 2 heterocycles. The van der Waals surface area contributed by atoms with Crippen molar-refractivity contribution in [1.82, 2.24) is 10.3 Å². The number of ether oxygens (including phenoxy) is 1. The van der Waals surface area contributed by atoms with Crippen molar-refractivity contribution in [2.24, 2.45) is 0 Å². The lowest BCUT2D eigenvalue weighted by Crippen LogP contribution is -2.26. The van der Waals surface area contributed by atoms with Crippen LogP contribution < -0.4 is 21.1 Å². The fraction of sp³-hybridized carbons (Fsp3) is 0.160. The summed E-state index contributed by atoms with van der Waals surface area (Å²) in [5, 5.41) is 17.1. The summed E-state index contributed by atoms with van der Waals surface area (Å²) < 4.78 is 6.79. The third-order valence-electron chi connectivity index (χ3n) is 5.21. The van der Waals surface area contributed by atoms with Gasteiger partial charge in [0.15, 0.2) is 0 Å². The number of thiophene rings is 1. The summed E-state index contributed by atoms with van der Waals surface area (Å²) in [5.74, 6) is 0.409. The van der Waals surface area contributed by atoms with Crippen molar-refractivity contribution in [3.8, 4) is 5.75 Å². The smallest absolute Gasteiger partial charge is 0.255 e. The van der Waals surface area contributed by atoms with Crippen molar-refractivity contribution in [2.75, 3.05) is 24.2 Å². The second-order valence-corrected chi connectivity index (χ2v) is 8.47. The Bertz CT molecular complexity index is 1340. The highest BCUT2D eigenvalue weighted by Crippen LogP contribution is 2.34. The maximum absolute atomic E-state index is 12.5. The Morgan fingerprint density at radius 3 is 2.71 bits per heavy atom. The van der Waals surface area contributed by atoms with E-state index in [-0.39, 0.29) is 31.6 Å². The molecule has 0 radical (unpaired) electrons. The number of nitrogens with one attached hydrogen (secondary N) is 2. The van der Waals surface area contributed by atoms with Crippen LogP contribution in [0.15, 0.2) is 60.1 Å². The number of nitrogens with zero attached hydrogens (tertiary/aromatic N) is 1. The van der Waals surface area contributed by atoms with Gasteiger partial charge in [-0.3, -0.25) is 9.59 Å². The SMILES string of the molecule is Cc1ccc(NC(=O)c2ccccc2)cc1OCc1csc2c(C(=O)NCCO)cnc(N)c12. The van der Waals surface area contributed by atoms with Crippen molar-refractivity contribution in [2.45, 2.75) is 13.5 Å². The highest BCUT2D eigenvalue weighted by Gasteiger charge is 2.18. The molecular weight excluding hydrogens is 452 g/mol. The average Bonchev–Trinajstić information content (AvgIpc) is 3.28. The molecule has 4 rings (SSSR count). The number of nitrogen functional groups attached to an aromatic ring is 1. The first-order valence-electron chi connectivity index (χ1n) is 10.6. The molecule has 0 spiro atoms. The summed E-state index contributed by atoms with van der Waals surface area (Å²) in [4.78, 5) is 29.1. The summed E-state index contributed by atoms with van der Waals surface area (Å²) in [5.41, 5.74) is 9.42. The molecule has 0 aliphatic carbocycles. The van der Waals surface area contributed by atoms with E-state index in [2.05, 4.69) is 15.6 Å². The van der Waals surface area contributed by atoms with Crippen molar-refractivity contribution in [3.63, 3.8) is 0 Å². The van der Waals surface area contributed by atoms with Gasteiger partial charge in [0.1, 0.15) is 18.2 Å². The molecule has 0 aliphatic rings. The minimum atomic E-state index is -0.321. The number of carbonyl (C=O) groups excluding carboxylic acids is 2. The number of carbonyl (C=O) groups is 2. The van der Waals surface area contributed by atoms with Gasteiger partial charge >= 0.3 is 0 Å². The average molecular weight is 477 g/mol. The molecule has 0 atom stereocenters. The Morgan fingerprint density at radius 2 is 1.94 bits per heavy atom. The number of fused-ring (bicyclic) bond motifs is 1. The number of hydrogen-bond donors (Lipinski definition) is 4. The first kappa shape index (κ1) is 23.2. The number of nitrogens with two attached hydrogens (primary N) is 1. The van der Waals surface area contributed by atoms with Gasteiger partial charge in [0.2, 0.25) is 0 Å². The Kier molecular flexibility index (Phi) is 7.05. The Hall–Kier alpha value is -3.95. The molecule has 2 aromatic carbocycles. The number of aryl methyl sites for hydroxylation is 1. The number of aliphatic hydroxyl groups is 1. The maximum Gasteiger partial charge on any atom is 0.255 e. The molecule has 0 fully saturated rings. The fourth-order valence-corrected chi connectivity index (χ4v) is 4.52. The molecule has 0 aliphatic heterocycles. The predicted octanol–water partition coefficient (Wildman–Crippen LogP) is 3.74. The van der Waals surface area contributed by atoms with Crippen LogP contribution in [0, 0.1) is 6.92 Å². The summed E-state index contributed by atoms with van der Waals surface area (Å²) in [6.45, 7) is 2.14. The van der Waals surface area contributed by atoms with Crippen molar-refractivity contribution in [3.05, 3.63) is 82.4 Å². The van der Waals surface area contributed by atoms with Crippen LogP contribution in [-0.2, 0) is 6.61 Å². The largest absolute Gasteiger partial charge is 0.489 e. The van der Waals surface area contributed by atoms with Gasteiger partial charge in [0.25, 0.3) is 11.8 Å². The Labute approximate surface area is 200 Å². The first-order chi connectivity index (χ1) is 16.5. The molecule has 2 amide bonds. The van der Waals surface area contributed by atoms with Crippen molar-refractivity contribution < 1.29 is 19.4 Å². The molecule has 0 saturated carbocycles. The van der Waals surface area contributed by atoms with E-state index in [1.54, 1.807) is 18.2 Å². The number of aromatic nitrogens is 1. The number of pyridine rings is 1. The van der Waals surface area contributed by atoms with Crippen molar-refractivity contribution in [1.29, 1.82) is 0 Å². The van der Waals surface area contributed by atoms with E-state index >= 15 is 0 Å². The number of hydrogen-bond acceptors (Lipinski definition) is 7. The van der Waals surface area contributed by atoms with Crippen LogP contribution in [0.2, 0.25) is 0 Å². The summed E-state index contributed by atoms with van der Waals surface area (Å²) >= 11 is 1.38. The maximum atomic E-state index is 12.5. The predicted molar refractivity (Wildman–Crippen MR) is 133 cm³/mol. The van der Waals surface area contributed by atoms with Crippen LogP contribution in [-0.4, -0.2) is 35.1 Å². The molecule has 0 saturated heterocycles. The topological polar surface area (TPSA) is 127 Å². The van der Waals surface area contributed by atoms with Crippen LogP contribution in [0.25, 0.3) is 10.1 Å². The number of benzene rings is 2. The summed E-state index contributed by atoms with van der Waals surface area (Å²) in [6.07, 6.45) is 1.44. The molecule has 9 heteroatoms. The monoisotopic (exact) mass is 476 g/mol. The lowest BCUT2D eigenvalue weighted by Gasteiger charge is -2.12. The molecule has 8 nitrogen and oxygen atoms in total. The molecule has 2 aromatic heterocycles. The highest BCUT2D eigenvalue weighted by atomic mass is 32.1. The van der Waals surface area contributed by atoms with Gasteiger partial charge in [-0.15, -0.1) is 11.3 Å². The van der Waals surface area contributed by atoms with Gasteiger partial charge in [0, 0.05) is 41.0 Å². The highest BCUT2D eigenvalue weighted by molar-refractivity contribution is 7.17. The fourth-order valence-electron chi connectivity index (χ4n) is 3.44. The first-order valence-corrected chi connectivity index (χ1v) is 11.5. The van der Waals surface area contributed by atoms with E-state index in [0.29, 0.717) is 38.5 Å². The molecular formula is C25H24N4O4S. The molecule has 0 unspecified atom stereocenters. The Morgan fingerprint density at radius 1 is 1.15 bits per heavy atom. The number of aliphatic hydroxyl groups excluding tert-OH is 1. The van der Waals surface area contributed by atoms with Crippen LogP contribution in [0.4, 0.5) is 11.5 Å². The van der Waals surface area contributed by atoms with Crippen LogP contribution in [0.1, 0.15) is 31.8 Å². The number of rotatable bonds is 8. The molecule has 0 bridgehead atoms. The normalized spacial score (nSPS) is 10.8. The molecule has 4 aromatic rings. The third-order valence-corrected chi connectivity index (χ3v) is 6.27. The quantitative estimate of drug-likeness (QED) is 0.307. The third kappa shape index (κ3) is 5.00. The second kappa shape index (κ2) is 10.3. The van der Waals surface area contributed by atoms with Crippen LogP contribution in [0.3, 0.4) is 0 Å². The van der Waals surface area contributed by atoms with Crippen LogP contribution >= 0.6 is 11.3 Å². The van der Waals surface area contributed by atoms with Gasteiger partial charge < -0.3 is 26.2 Å². The van der Waals surface area contributed by atoms with Gasteiger partial charge in [-0.2, -0.15) is 0 Å². The van der Waals surface area contributed by atoms with E-state index in [1.807, 2.05) is 42.6 Å². The zero-order valence-electron chi connectivity index (χ0n) is 18.5.